The van der Waals surface area contributed by atoms with Crippen LogP contribution in [0.15, 0.2) is 5.38 Å². The van der Waals surface area contributed by atoms with Gasteiger partial charge in [-0.05, 0) is 7.05 Å². The number of morpholine rings is 1. The molecule has 1 unspecified atom stereocenters. The highest BCUT2D eigenvalue weighted by atomic mass is 32.1. The van der Waals surface area contributed by atoms with E-state index >= 15 is 0 Å². The molecule has 0 radical (unpaired) electrons. The fourth-order valence-corrected chi connectivity index (χ4v) is 3.21. The molecule has 5 heteroatoms. The fourth-order valence-electron chi connectivity index (χ4n) is 2.11. The number of nitrogens with zero attached hydrogens (tertiary/aromatic N) is 2. The third kappa shape index (κ3) is 4.53. The summed E-state index contributed by atoms with van der Waals surface area (Å²) < 4.78 is 5.72. The molecule has 1 aromatic rings. The van der Waals surface area contributed by atoms with Gasteiger partial charge in [0.1, 0.15) is 5.01 Å². The van der Waals surface area contributed by atoms with Crippen LogP contribution in [0.25, 0.3) is 0 Å². The van der Waals surface area contributed by atoms with Gasteiger partial charge in [0.25, 0.3) is 0 Å². The molecule has 19 heavy (non-hydrogen) atoms. The number of nitrogens with one attached hydrogen (secondary N) is 1. The number of hydrogen-bond donors (Lipinski definition) is 1. The van der Waals surface area contributed by atoms with Crippen LogP contribution in [0.4, 0.5) is 0 Å². The number of hydrogen-bond acceptors (Lipinski definition) is 5. The van der Waals surface area contributed by atoms with Gasteiger partial charge >= 0.3 is 0 Å². The highest BCUT2D eigenvalue weighted by Crippen LogP contribution is 2.24. The Bertz CT molecular complexity index is 394. The molecule has 1 aromatic heterocycles. The summed E-state index contributed by atoms with van der Waals surface area (Å²) in [5, 5.41) is 6.74. The minimum Gasteiger partial charge on any atom is -0.374 e. The topological polar surface area (TPSA) is 37.4 Å². The van der Waals surface area contributed by atoms with Gasteiger partial charge in [0.05, 0.1) is 24.9 Å². The maximum Gasteiger partial charge on any atom is 0.107 e. The zero-order valence-corrected chi connectivity index (χ0v) is 13.2. The summed E-state index contributed by atoms with van der Waals surface area (Å²) in [6.45, 7) is 11.2. The second kappa shape index (κ2) is 6.31. The predicted octanol–water partition coefficient (Wildman–Crippen LogP) is 1.86. The van der Waals surface area contributed by atoms with Crippen LogP contribution in [0, 0.1) is 0 Å². The minimum atomic E-state index is 0.143. The van der Waals surface area contributed by atoms with Crippen LogP contribution in [0.3, 0.4) is 0 Å². The average molecular weight is 283 g/mol. The van der Waals surface area contributed by atoms with Gasteiger partial charge in [0, 0.05) is 30.4 Å². The SMILES string of the molecule is CN(Cc1nc(C(C)(C)C)cs1)CC1CNCCO1. The summed E-state index contributed by atoms with van der Waals surface area (Å²) in [5.74, 6) is 0. The zero-order chi connectivity index (χ0) is 13.9. The van der Waals surface area contributed by atoms with Crippen molar-refractivity contribution in [2.45, 2.75) is 38.8 Å². The van der Waals surface area contributed by atoms with Crippen molar-refractivity contribution in [2.75, 3.05) is 33.3 Å². The van der Waals surface area contributed by atoms with Crippen LogP contribution in [0.5, 0.6) is 0 Å². The molecule has 2 heterocycles. The Morgan fingerprint density at radius 2 is 2.32 bits per heavy atom. The summed E-state index contributed by atoms with van der Waals surface area (Å²) in [5.41, 5.74) is 1.33. The highest BCUT2D eigenvalue weighted by Gasteiger charge is 2.19. The van der Waals surface area contributed by atoms with Crippen LogP contribution < -0.4 is 5.32 Å². The molecule has 1 saturated heterocycles. The molecule has 1 atom stereocenters. The number of aromatic nitrogens is 1. The summed E-state index contributed by atoms with van der Waals surface area (Å²) in [6, 6.07) is 0. The van der Waals surface area contributed by atoms with Crippen molar-refractivity contribution in [2.24, 2.45) is 0 Å². The van der Waals surface area contributed by atoms with Gasteiger partial charge in [-0.15, -0.1) is 11.3 Å². The number of likely N-dealkylation sites (N-methyl/N-ethyl adjacent to an activating group) is 1. The molecule has 0 saturated carbocycles. The molecular weight excluding hydrogens is 258 g/mol. The maximum absolute atomic E-state index is 5.72. The van der Waals surface area contributed by atoms with Gasteiger partial charge in [-0.3, -0.25) is 4.90 Å². The Hall–Kier alpha value is -0.490. The smallest absolute Gasteiger partial charge is 0.107 e. The third-order valence-electron chi connectivity index (χ3n) is 3.25. The lowest BCUT2D eigenvalue weighted by Gasteiger charge is -2.27. The monoisotopic (exact) mass is 283 g/mol. The van der Waals surface area contributed by atoms with Crippen LogP contribution in [0.2, 0.25) is 0 Å². The fraction of sp³-hybridized carbons (Fsp3) is 0.786. The van der Waals surface area contributed by atoms with Gasteiger partial charge in [-0.25, -0.2) is 4.98 Å². The molecule has 2 rings (SSSR count). The molecule has 0 aromatic carbocycles. The van der Waals surface area contributed by atoms with E-state index in [1.54, 1.807) is 11.3 Å². The van der Waals surface area contributed by atoms with Crippen molar-refractivity contribution < 1.29 is 4.74 Å². The molecule has 0 spiro atoms. The molecule has 1 N–H and O–H groups in total. The van der Waals surface area contributed by atoms with E-state index in [1.807, 2.05) is 0 Å². The largest absolute Gasteiger partial charge is 0.374 e. The van der Waals surface area contributed by atoms with Crippen LogP contribution >= 0.6 is 11.3 Å². The quantitative estimate of drug-likeness (QED) is 0.915. The molecular formula is C14H25N3OS. The molecule has 1 aliphatic heterocycles. The third-order valence-corrected chi connectivity index (χ3v) is 4.08. The van der Waals surface area contributed by atoms with Crippen molar-refractivity contribution >= 4 is 11.3 Å². The lowest BCUT2D eigenvalue weighted by Crippen LogP contribution is -2.44. The normalized spacial score (nSPS) is 21.0. The molecule has 1 fully saturated rings. The summed E-state index contributed by atoms with van der Waals surface area (Å²) in [6.07, 6.45) is 0.306. The first-order valence-electron chi connectivity index (χ1n) is 6.91. The second-order valence-electron chi connectivity index (χ2n) is 6.27. The number of thiazole rings is 1. The summed E-state index contributed by atoms with van der Waals surface area (Å²) >= 11 is 1.76. The van der Waals surface area contributed by atoms with Gasteiger partial charge in [0.15, 0.2) is 0 Å². The van der Waals surface area contributed by atoms with Crippen LogP contribution in [-0.2, 0) is 16.7 Å². The van der Waals surface area contributed by atoms with Crippen molar-refractivity contribution in [3.05, 3.63) is 16.1 Å². The molecule has 108 valence electrons. The Morgan fingerprint density at radius 3 is 2.89 bits per heavy atom. The predicted molar refractivity (Wildman–Crippen MR) is 79.8 cm³/mol. The highest BCUT2D eigenvalue weighted by molar-refractivity contribution is 7.09. The van der Waals surface area contributed by atoms with Crippen molar-refractivity contribution in [1.82, 2.24) is 15.2 Å². The molecule has 1 aliphatic rings. The minimum absolute atomic E-state index is 0.143. The van der Waals surface area contributed by atoms with E-state index in [1.165, 1.54) is 10.7 Å². The van der Waals surface area contributed by atoms with E-state index in [4.69, 9.17) is 9.72 Å². The first kappa shape index (κ1) is 14.9. The molecule has 0 bridgehead atoms. The van der Waals surface area contributed by atoms with Gasteiger partial charge < -0.3 is 10.1 Å². The first-order chi connectivity index (χ1) is 8.95. The van der Waals surface area contributed by atoms with E-state index in [-0.39, 0.29) is 5.41 Å². The van der Waals surface area contributed by atoms with Gasteiger partial charge in [0.2, 0.25) is 0 Å². The first-order valence-corrected chi connectivity index (χ1v) is 7.79. The molecule has 0 amide bonds. The summed E-state index contributed by atoms with van der Waals surface area (Å²) in [7, 11) is 2.14. The Labute approximate surface area is 120 Å². The van der Waals surface area contributed by atoms with Crippen molar-refractivity contribution in [1.29, 1.82) is 0 Å². The standard InChI is InChI=1S/C14H25N3OS/c1-14(2,3)12-10-19-13(16-12)9-17(4)8-11-7-15-5-6-18-11/h10-11,15H,5-9H2,1-4H3. The second-order valence-corrected chi connectivity index (χ2v) is 7.21. The average Bonchev–Trinajstić information content (AvgIpc) is 2.78. The van der Waals surface area contributed by atoms with Gasteiger partial charge in [-0.1, -0.05) is 20.8 Å². The lowest BCUT2D eigenvalue weighted by atomic mass is 9.93. The number of rotatable bonds is 4. The Balaban J connectivity index is 1.84. The maximum atomic E-state index is 5.72. The van der Waals surface area contributed by atoms with E-state index in [2.05, 4.69) is 43.4 Å². The molecule has 4 nitrogen and oxygen atoms in total. The van der Waals surface area contributed by atoms with Crippen LogP contribution in [-0.4, -0.2) is 49.3 Å². The van der Waals surface area contributed by atoms with Crippen molar-refractivity contribution in [3.63, 3.8) is 0 Å². The molecule has 0 aliphatic carbocycles. The van der Waals surface area contributed by atoms with Crippen LogP contribution in [0.1, 0.15) is 31.5 Å². The Kier molecular flexibility index (Phi) is 4.95. The lowest BCUT2D eigenvalue weighted by molar-refractivity contribution is 0.00883. The van der Waals surface area contributed by atoms with E-state index in [9.17, 15) is 0 Å². The zero-order valence-electron chi connectivity index (χ0n) is 12.4. The van der Waals surface area contributed by atoms with Gasteiger partial charge in [-0.2, -0.15) is 0 Å². The summed E-state index contributed by atoms with van der Waals surface area (Å²) in [4.78, 5) is 7.03. The van der Waals surface area contributed by atoms with Crippen molar-refractivity contribution in [3.8, 4) is 0 Å². The Morgan fingerprint density at radius 1 is 1.53 bits per heavy atom. The van der Waals surface area contributed by atoms with E-state index in [0.29, 0.717) is 6.10 Å². The van der Waals surface area contributed by atoms with E-state index < -0.39 is 0 Å². The number of ether oxygens (including phenoxy) is 1. The van der Waals surface area contributed by atoms with E-state index in [0.717, 1.165) is 32.8 Å².